The van der Waals surface area contributed by atoms with Gasteiger partial charge in [0.1, 0.15) is 0 Å². The Morgan fingerprint density at radius 3 is 2.82 bits per heavy atom. The van der Waals surface area contributed by atoms with Gasteiger partial charge in [-0.3, -0.25) is 4.79 Å². The monoisotopic (exact) mass is 157 g/mol. The van der Waals surface area contributed by atoms with Crippen molar-refractivity contribution in [3.8, 4) is 0 Å². The van der Waals surface area contributed by atoms with Crippen LogP contribution in [-0.4, -0.2) is 23.2 Å². The molecule has 2 N–H and O–H groups in total. The van der Waals surface area contributed by atoms with E-state index in [1.165, 1.54) is 0 Å². The molecule has 0 aliphatic heterocycles. The highest BCUT2D eigenvalue weighted by molar-refractivity contribution is 5.75. The fourth-order valence-electron chi connectivity index (χ4n) is 1.42. The smallest absolute Gasteiger partial charge is 0.219 e. The maximum Gasteiger partial charge on any atom is 0.219 e. The Kier molecular flexibility index (Phi) is 2.88. The molecule has 0 aromatic heterocycles. The van der Waals surface area contributed by atoms with Crippen molar-refractivity contribution in [3.05, 3.63) is 0 Å². The number of amides is 1. The summed E-state index contributed by atoms with van der Waals surface area (Å²) in [7, 11) is 0. The van der Waals surface area contributed by atoms with Gasteiger partial charge >= 0.3 is 0 Å². The van der Waals surface area contributed by atoms with Gasteiger partial charge in [0.2, 0.25) is 5.91 Å². The van der Waals surface area contributed by atoms with Crippen molar-refractivity contribution in [2.24, 2.45) is 0 Å². The van der Waals surface area contributed by atoms with Gasteiger partial charge in [-0.15, -0.1) is 0 Å². The highest BCUT2D eigenvalue weighted by atomic mass is 16.3. The Bertz CT molecular complexity index is 147. The highest BCUT2D eigenvalue weighted by Gasteiger charge is 2.23. The molecule has 0 saturated heterocycles. The van der Waals surface area contributed by atoms with Crippen molar-refractivity contribution in [2.75, 3.05) is 0 Å². The largest absolute Gasteiger partial charge is 0.393 e. The van der Waals surface area contributed by atoms with Crippen LogP contribution in [0, 0.1) is 0 Å². The van der Waals surface area contributed by atoms with Crippen LogP contribution in [0.3, 0.4) is 0 Å². The number of hydrogen-bond acceptors (Lipinski definition) is 2. The zero-order valence-corrected chi connectivity index (χ0v) is 6.84. The third-order valence-electron chi connectivity index (χ3n) is 2.09. The van der Waals surface area contributed by atoms with Gasteiger partial charge in [-0.2, -0.15) is 0 Å². The maximum absolute atomic E-state index is 10.9. The summed E-state index contributed by atoms with van der Waals surface area (Å²) < 4.78 is 0. The standard InChI is InChI=1S/C8H15NO2/c1-2-8(11)9-6-3-4-7(10)5-6/h6-7,10H,2-5H2,1H3,(H,9,11)/t6-,7+/m0/s1. The van der Waals surface area contributed by atoms with E-state index in [4.69, 9.17) is 5.11 Å². The summed E-state index contributed by atoms with van der Waals surface area (Å²) in [4.78, 5) is 10.9. The molecule has 0 bridgehead atoms. The molecule has 0 aromatic carbocycles. The molecule has 11 heavy (non-hydrogen) atoms. The first-order valence-corrected chi connectivity index (χ1v) is 4.19. The van der Waals surface area contributed by atoms with E-state index >= 15 is 0 Å². The molecule has 1 amide bonds. The molecule has 1 fully saturated rings. The van der Waals surface area contributed by atoms with Crippen LogP contribution in [0.15, 0.2) is 0 Å². The first-order valence-electron chi connectivity index (χ1n) is 4.19. The molecule has 64 valence electrons. The second-order valence-corrected chi connectivity index (χ2v) is 3.08. The van der Waals surface area contributed by atoms with Gasteiger partial charge in [0.05, 0.1) is 6.10 Å². The maximum atomic E-state index is 10.9. The molecular formula is C8H15NO2. The lowest BCUT2D eigenvalue weighted by molar-refractivity contribution is -0.121. The molecule has 0 unspecified atom stereocenters. The first kappa shape index (κ1) is 8.53. The van der Waals surface area contributed by atoms with Crippen LogP contribution in [0.25, 0.3) is 0 Å². The van der Waals surface area contributed by atoms with Gasteiger partial charge in [-0.25, -0.2) is 0 Å². The fourth-order valence-corrected chi connectivity index (χ4v) is 1.42. The second-order valence-electron chi connectivity index (χ2n) is 3.08. The van der Waals surface area contributed by atoms with Crippen LogP contribution in [0.1, 0.15) is 32.6 Å². The summed E-state index contributed by atoms with van der Waals surface area (Å²) in [6.07, 6.45) is 2.82. The summed E-state index contributed by atoms with van der Waals surface area (Å²) in [6, 6.07) is 0.220. The van der Waals surface area contributed by atoms with E-state index in [1.54, 1.807) is 0 Å². The lowest BCUT2D eigenvalue weighted by Crippen LogP contribution is -2.32. The lowest BCUT2D eigenvalue weighted by atomic mass is 10.2. The van der Waals surface area contributed by atoms with Gasteiger partial charge < -0.3 is 10.4 Å². The third kappa shape index (κ3) is 2.50. The zero-order chi connectivity index (χ0) is 8.27. The van der Waals surface area contributed by atoms with Crippen LogP contribution in [-0.2, 0) is 4.79 Å². The SMILES string of the molecule is CCC(=O)N[C@H]1CC[C@@H](O)C1. The fraction of sp³-hybridized carbons (Fsp3) is 0.875. The van der Waals surface area contributed by atoms with E-state index in [0.717, 1.165) is 19.3 Å². The molecule has 0 aromatic rings. The predicted molar refractivity (Wildman–Crippen MR) is 42.1 cm³/mol. The molecule has 0 spiro atoms. The normalized spacial score (nSPS) is 30.4. The number of aliphatic hydroxyl groups is 1. The predicted octanol–water partition coefficient (Wildman–Crippen LogP) is 0.426. The number of rotatable bonds is 2. The van der Waals surface area contributed by atoms with Gasteiger partial charge in [0, 0.05) is 12.5 Å². The average Bonchev–Trinajstić information content (AvgIpc) is 2.35. The quantitative estimate of drug-likeness (QED) is 0.610. The summed E-state index contributed by atoms with van der Waals surface area (Å²) in [5.41, 5.74) is 0. The molecule has 0 radical (unpaired) electrons. The average molecular weight is 157 g/mol. The van der Waals surface area contributed by atoms with E-state index in [-0.39, 0.29) is 18.1 Å². The van der Waals surface area contributed by atoms with E-state index in [0.29, 0.717) is 6.42 Å². The van der Waals surface area contributed by atoms with E-state index in [9.17, 15) is 4.79 Å². The summed E-state index contributed by atoms with van der Waals surface area (Å²) in [5.74, 6) is 0.0871. The Morgan fingerprint density at radius 1 is 1.64 bits per heavy atom. The zero-order valence-electron chi connectivity index (χ0n) is 6.84. The highest BCUT2D eigenvalue weighted by Crippen LogP contribution is 2.18. The van der Waals surface area contributed by atoms with Gasteiger partial charge in [0.15, 0.2) is 0 Å². The molecule has 1 aliphatic carbocycles. The number of nitrogens with one attached hydrogen (secondary N) is 1. The molecular weight excluding hydrogens is 142 g/mol. The molecule has 2 atom stereocenters. The van der Waals surface area contributed by atoms with Gasteiger partial charge in [-0.05, 0) is 19.3 Å². The van der Waals surface area contributed by atoms with Crippen molar-refractivity contribution in [2.45, 2.75) is 44.8 Å². The van der Waals surface area contributed by atoms with Crippen molar-refractivity contribution in [1.82, 2.24) is 5.32 Å². The number of carbonyl (C=O) groups excluding carboxylic acids is 1. The molecule has 1 rings (SSSR count). The Hall–Kier alpha value is -0.570. The molecule has 1 saturated carbocycles. The Labute approximate surface area is 66.8 Å². The molecule has 1 aliphatic rings. The number of aliphatic hydroxyl groups excluding tert-OH is 1. The van der Waals surface area contributed by atoms with Gasteiger partial charge in [0.25, 0.3) is 0 Å². The van der Waals surface area contributed by atoms with Crippen LogP contribution in [0.4, 0.5) is 0 Å². The second kappa shape index (κ2) is 3.72. The topological polar surface area (TPSA) is 49.3 Å². The summed E-state index contributed by atoms with van der Waals surface area (Å²) in [5, 5.41) is 12.0. The Balaban J connectivity index is 2.23. The summed E-state index contributed by atoms with van der Waals surface area (Å²) in [6.45, 7) is 1.83. The molecule has 3 heteroatoms. The van der Waals surface area contributed by atoms with Crippen LogP contribution in [0.2, 0.25) is 0 Å². The minimum absolute atomic E-state index is 0.0871. The van der Waals surface area contributed by atoms with E-state index in [2.05, 4.69) is 5.32 Å². The van der Waals surface area contributed by atoms with Crippen molar-refractivity contribution < 1.29 is 9.90 Å². The minimum atomic E-state index is -0.197. The van der Waals surface area contributed by atoms with Crippen LogP contribution < -0.4 is 5.32 Å². The van der Waals surface area contributed by atoms with E-state index in [1.807, 2.05) is 6.92 Å². The molecule has 3 nitrogen and oxygen atoms in total. The first-order chi connectivity index (χ1) is 5.22. The van der Waals surface area contributed by atoms with Crippen LogP contribution in [0.5, 0.6) is 0 Å². The van der Waals surface area contributed by atoms with Crippen LogP contribution >= 0.6 is 0 Å². The number of hydrogen-bond donors (Lipinski definition) is 2. The summed E-state index contributed by atoms with van der Waals surface area (Å²) >= 11 is 0. The van der Waals surface area contributed by atoms with E-state index < -0.39 is 0 Å². The number of carbonyl (C=O) groups is 1. The molecule has 0 heterocycles. The van der Waals surface area contributed by atoms with Gasteiger partial charge in [-0.1, -0.05) is 6.92 Å². The van der Waals surface area contributed by atoms with Crippen molar-refractivity contribution in [3.63, 3.8) is 0 Å². The lowest BCUT2D eigenvalue weighted by Gasteiger charge is -2.10. The van der Waals surface area contributed by atoms with Crippen molar-refractivity contribution in [1.29, 1.82) is 0 Å². The van der Waals surface area contributed by atoms with Crippen molar-refractivity contribution >= 4 is 5.91 Å². The Morgan fingerprint density at radius 2 is 2.36 bits per heavy atom. The third-order valence-corrected chi connectivity index (χ3v) is 2.09. The minimum Gasteiger partial charge on any atom is -0.393 e.